The molecule has 5 atom stereocenters. The maximum absolute atomic E-state index is 11.8. The first-order valence-electron chi connectivity index (χ1n) is 9.25. The van der Waals surface area contributed by atoms with E-state index in [0.29, 0.717) is 10.4 Å². The van der Waals surface area contributed by atoms with E-state index in [-0.39, 0.29) is 30.2 Å². The van der Waals surface area contributed by atoms with E-state index in [2.05, 4.69) is 9.36 Å². The maximum Gasteiger partial charge on any atom is 0.294 e. The molecule has 10 nitrogen and oxygen atoms in total. The lowest BCUT2D eigenvalue weighted by Gasteiger charge is -2.36. The molecule has 1 aromatic rings. The lowest BCUT2D eigenvalue weighted by Crippen LogP contribution is -2.56. The van der Waals surface area contributed by atoms with E-state index in [9.17, 15) is 4.79 Å². The normalized spacial score (nSPS) is 34.5. The molecule has 12 heteroatoms. The molecule has 1 aromatic heterocycles. The van der Waals surface area contributed by atoms with Crippen molar-refractivity contribution in [3.05, 3.63) is 0 Å². The second kappa shape index (κ2) is 7.59. The lowest BCUT2D eigenvalue weighted by atomic mass is 9.99. The van der Waals surface area contributed by atoms with Crippen LogP contribution in [-0.2, 0) is 23.7 Å². The minimum Gasteiger partial charge on any atom is -0.466 e. The van der Waals surface area contributed by atoms with Crippen LogP contribution in [-0.4, -0.2) is 82.5 Å². The molecule has 0 bridgehead atoms. The second-order valence-electron chi connectivity index (χ2n) is 8.12. The summed E-state index contributed by atoms with van der Waals surface area (Å²) in [4.78, 5) is 17.5. The van der Waals surface area contributed by atoms with Gasteiger partial charge in [-0.25, -0.2) is 0 Å². The molecule has 4 heterocycles. The second-order valence-corrected chi connectivity index (χ2v) is 9.76. The van der Waals surface area contributed by atoms with E-state index in [1.807, 2.05) is 27.7 Å². The number of hydrogen-bond donors (Lipinski definition) is 0. The van der Waals surface area contributed by atoms with Gasteiger partial charge in [-0.15, -0.1) is 0 Å². The zero-order valence-electron chi connectivity index (χ0n) is 17.1. The largest absolute Gasteiger partial charge is 0.466 e. The van der Waals surface area contributed by atoms with Crippen molar-refractivity contribution >= 4 is 28.5 Å². The fourth-order valence-corrected chi connectivity index (χ4v) is 4.68. The van der Waals surface area contributed by atoms with Gasteiger partial charge in [0, 0.05) is 37.4 Å². The Balaban J connectivity index is 1.42. The molecular formula is C17H25N3O7S2. The van der Waals surface area contributed by atoms with Crippen LogP contribution >= 0.6 is 23.3 Å². The summed E-state index contributed by atoms with van der Waals surface area (Å²) in [5.41, 5.74) is 0. The fourth-order valence-electron chi connectivity index (χ4n) is 3.45. The first-order chi connectivity index (χ1) is 13.5. The van der Waals surface area contributed by atoms with Crippen molar-refractivity contribution < 1.29 is 33.2 Å². The van der Waals surface area contributed by atoms with Crippen LogP contribution in [0.2, 0.25) is 0 Å². The number of ether oxygens (including phenoxy) is 6. The summed E-state index contributed by atoms with van der Waals surface area (Å²) in [5, 5.41) is 0.545. The SMILES string of the molecule is CN(C)C(=O)Sc1nsc(OC[C@H]2O[C@@H]3OC(C)(C)O[C@@H]3[C@H]3OC(C)(C)O[C@H]32)n1. The van der Waals surface area contributed by atoms with Gasteiger partial charge in [0.15, 0.2) is 17.9 Å². The molecule has 3 fully saturated rings. The average molecular weight is 448 g/mol. The molecule has 4 rings (SSSR count). The third-order valence-electron chi connectivity index (χ3n) is 4.55. The number of carbonyl (C=O) groups is 1. The van der Waals surface area contributed by atoms with Crippen molar-refractivity contribution in [2.75, 3.05) is 20.7 Å². The molecule has 0 spiro atoms. The molecule has 0 N–H and O–H groups in total. The number of fused-ring (bicyclic) bond motifs is 3. The topological polar surface area (TPSA) is 101 Å². The Morgan fingerprint density at radius 3 is 2.48 bits per heavy atom. The molecule has 0 aromatic carbocycles. The number of thioether (sulfide) groups is 1. The average Bonchev–Trinajstić information content (AvgIpc) is 3.26. The zero-order valence-corrected chi connectivity index (χ0v) is 18.7. The summed E-state index contributed by atoms with van der Waals surface area (Å²) in [6, 6.07) is 0. The molecule has 3 aliphatic rings. The number of aromatic nitrogens is 2. The summed E-state index contributed by atoms with van der Waals surface area (Å²) in [6.45, 7) is 7.57. The number of hydrogen-bond acceptors (Lipinski definition) is 11. The van der Waals surface area contributed by atoms with E-state index >= 15 is 0 Å². The Morgan fingerprint density at radius 1 is 1.10 bits per heavy atom. The number of rotatable bonds is 4. The first kappa shape index (κ1) is 21.2. The van der Waals surface area contributed by atoms with Crippen LogP contribution in [0.4, 0.5) is 4.79 Å². The molecule has 29 heavy (non-hydrogen) atoms. The van der Waals surface area contributed by atoms with E-state index in [4.69, 9.17) is 28.4 Å². The van der Waals surface area contributed by atoms with Crippen molar-refractivity contribution in [2.24, 2.45) is 0 Å². The summed E-state index contributed by atoms with van der Waals surface area (Å²) >= 11 is 2.02. The quantitative estimate of drug-likeness (QED) is 0.638. The Labute approximate surface area is 177 Å². The maximum atomic E-state index is 11.8. The summed E-state index contributed by atoms with van der Waals surface area (Å²) in [6.07, 6.45) is -2.10. The zero-order chi connectivity index (χ0) is 21.0. The predicted octanol–water partition coefficient (Wildman–Crippen LogP) is 2.09. The van der Waals surface area contributed by atoms with Gasteiger partial charge >= 0.3 is 0 Å². The van der Waals surface area contributed by atoms with Crippen molar-refractivity contribution in [1.82, 2.24) is 14.3 Å². The van der Waals surface area contributed by atoms with Crippen LogP contribution < -0.4 is 4.74 Å². The van der Waals surface area contributed by atoms with Gasteiger partial charge in [0.1, 0.15) is 31.0 Å². The Hall–Kier alpha value is -1.02. The van der Waals surface area contributed by atoms with Crippen LogP contribution in [0.25, 0.3) is 0 Å². The molecule has 0 aliphatic carbocycles. The number of nitrogens with zero attached hydrogens (tertiary/aromatic N) is 3. The minimum absolute atomic E-state index is 0.154. The van der Waals surface area contributed by atoms with Crippen molar-refractivity contribution in [2.45, 2.75) is 75.1 Å². The van der Waals surface area contributed by atoms with Gasteiger partial charge < -0.3 is 33.3 Å². The van der Waals surface area contributed by atoms with E-state index < -0.39 is 24.0 Å². The summed E-state index contributed by atoms with van der Waals surface area (Å²) < 4.78 is 40.0. The molecular weight excluding hydrogens is 422 g/mol. The predicted molar refractivity (Wildman–Crippen MR) is 103 cm³/mol. The van der Waals surface area contributed by atoms with Gasteiger partial charge in [0.05, 0.1) is 0 Å². The number of amides is 1. The highest BCUT2D eigenvalue weighted by atomic mass is 32.2. The van der Waals surface area contributed by atoms with E-state index in [0.717, 1.165) is 23.3 Å². The molecule has 0 saturated carbocycles. The lowest BCUT2D eigenvalue weighted by molar-refractivity contribution is -0.238. The monoisotopic (exact) mass is 447 g/mol. The van der Waals surface area contributed by atoms with Crippen LogP contribution in [0.3, 0.4) is 0 Å². The molecule has 0 radical (unpaired) electrons. The number of carbonyl (C=O) groups excluding carboxylic acids is 1. The highest BCUT2D eigenvalue weighted by Gasteiger charge is 2.60. The Bertz CT molecular complexity index is 772. The third kappa shape index (κ3) is 4.53. The van der Waals surface area contributed by atoms with Crippen LogP contribution in [0.5, 0.6) is 5.19 Å². The van der Waals surface area contributed by atoms with E-state index in [1.165, 1.54) is 4.90 Å². The van der Waals surface area contributed by atoms with Crippen LogP contribution in [0, 0.1) is 0 Å². The molecule has 162 valence electrons. The van der Waals surface area contributed by atoms with Gasteiger partial charge in [-0.1, -0.05) is 0 Å². The van der Waals surface area contributed by atoms with Crippen LogP contribution in [0.15, 0.2) is 5.16 Å². The van der Waals surface area contributed by atoms with Crippen molar-refractivity contribution in [3.8, 4) is 5.19 Å². The van der Waals surface area contributed by atoms with Gasteiger partial charge in [-0.05, 0) is 27.7 Å². The molecule has 0 unspecified atom stereocenters. The van der Waals surface area contributed by atoms with Gasteiger partial charge in [-0.3, -0.25) is 4.79 Å². The highest BCUT2D eigenvalue weighted by molar-refractivity contribution is 8.13. The first-order valence-corrected chi connectivity index (χ1v) is 10.8. The smallest absolute Gasteiger partial charge is 0.294 e. The molecule has 3 aliphatic heterocycles. The van der Waals surface area contributed by atoms with Gasteiger partial charge in [-0.2, -0.15) is 9.36 Å². The highest BCUT2D eigenvalue weighted by Crippen LogP contribution is 2.44. The molecule has 3 saturated heterocycles. The standard InChI is InChI=1S/C17H25N3O7S2/c1-16(2)24-9-8(23-12-11(10(9)25-16)26-17(3,4)27-12)7-22-14-18-13(19-29-14)28-15(21)20(5)6/h8-12H,7H2,1-6H3/t8-,9+,10+,11-,12-/m1/s1. The summed E-state index contributed by atoms with van der Waals surface area (Å²) in [7, 11) is 3.34. The fraction of sp³-hybridized carbons (Fsp3) is 0.824. The third-order valence-corrected chi connectivity index (χ3v) is 6.20. The van der Waals surface area contributed by atoms with Gasteiger partial charge in [0.2, 0.25) is 5.16 Å². The van der Waals surface area contributed by atoms with E-state index in [1.54, 1.807) is 14.1 Å². The molecule has 1 amide bonds. The van der Waals surface area contributed by atoms with Crippen LogP contribution in [0.1, 0.15) is 27.7 Å². The van der Waals surface area contributed by atoms with Gasteiger partial charge in [0.25, 0.3) is 10.4 Å². The Kier molecular flexibility index (Phi) is 5.55. The van der Waals surface area contributed by atoms with Crippen molar-refractivity contribution in [3.63, 3.8) is 0 Å². The van der Waals surface area contributed by atoms with Crippen molar-refractivity contribution in [1.29, 1.82) is 0 Å². The summed E-state index contributed by atoms with van der Waals surface area (Å²) in [5.74, 6) is -1.53. The Morgan fingerprint density at radius 2 is 1.76 bits per heavy atom. The minimum atomic E-state index is -0.768.